The standard InChI is InChI=1S/C27H27N3O3/c1-18-11-19(2)13-23(12-18)29-26(31)17-30-25-15-24(33-3)10-9-20(25)14-21(27(30)32)16-28-22-7-5-4-6-8-22/h4-15,28H,16-17H2,1-3H3,(H,29,31). The maximum absolute atomic E-state index is 13.4. The fourth-order valence-electron chi connectivity index (χ4n) is 3.97. The lowest BCUT2D eigenvalue weighted by molar-refractivity contribution is -0.116. The molecule has 2 N–H and O–H groups in total. The number of carbonyl (C=O) groups excluding carboxylic acids is 1. The van der Waals surface area contributed by atoms with Crippen LogP contribution in [0, 0.1) is 13.8 Å². The summed E-state index contributed by atoms with van der Waals surface area (Å²) in [4.78, 5) is 26.3. The van der Waals surface area contributed by atoms with Crippen LogP contribution in [-0.2, 0) is 17.9 Å². The highest BCUT2D eigenvalue weighted by atomic mass is 16.5. The summed E-state index contributed by atoms with van der Waals surface area (Å²) in [5.41, 5.74) is 4.78. The number of aryl methyl sites for hydroxylation is 2. The quantitative estimate of drug-likeness (QED) is 0.429. The van der Waals surface area contributed by atoms with Crippen molar-refractivity contribution in [2.24, 2.45) is 0 Å². The Labute approximate surface area is 192 Å². The summed E-state index contributed by atoms with van der Waals surface area (Å²) in [7, 11) is 1.58. The van der Waals surface area contributed by atoms with Crippen LogP contribution in [0.25, 0.3) is 10.9 Å². The summed E-state index contributed by atoms with van der Waals surface area (Å²) in [6.45, 7) is 4.21. The van der Waals surface area contributed by atoms with Crippen LogP contribution in [0.5, 0.6) is 5.75 Å². The van der Waals surface area contributed by atoms with Crippen LogP contribution in [0.15, 0.2) is 77.6 Å². The summed E-state index contributed by atoms with van der Waals surface area (Å²) >= 11 is 0. The molecule has 3 aromatic carbocycles. The van der Waals surface area contributed by atoms with Gasteiger partial charge in [0.15, 0.2) is 0 Å². The number of ether oxygens (including phenoxy) is 1. The Bertz CT molecular complexity index is 1340. The van der Waals surface area contributed by atoms with E-state index < -0.39 is 0 Å². The molecule has 6 nitrogen and oxygen atoms in total. The zero-order valence-electron chi connectivity index (χ0n) is 19.0. The first kappa shape index (κ1) is 22.1. The molecule has 0 aliphatic carbocycles. The van der Waals surface area contributed by atoms with Gasteiger partial charge in [-0.3, -0.25) is 14.2 Å². The topological polar surface area (TPSA) is 72.4 Å². The molecule has 0 fully saturated rings. The van der Waals surface area contributed by atoms with Gasteiger partial charge in [-0.15, -0.1) is 0 Å². The second-order valence-corrected chi connectivity index (χ2v) is 8.13. The van der Waals surface area contributed by atoms with Crippen LogP contribution in [0.2, 0.25) is 0 Å². The second-order valence-electron chi connectivity index (χ2n) is 8.13. The molecule has 0 spiro atoms. The molecule has 0 saturated carbocycles. The zero-order chi connectivity index (χ0) is 23.4. The first-order valence-corrected chi connectivity index (χ1v) is 10.8. The fourth-order valence-corrected chi connectivity index (χ4v) is 3.97. The number of amides is 1. The summed E-state index contributed by atoms with van der Waals surface area (Å²) in [5, 5.41) is 7.07. The molecule has 0 atom stereocenters. The number of para-hydroxylation sites is 1. The van der Waals surface area contributed by atoms with Gasteiger partial charge in [0.05, 0.1) is 12.6 Å². The molecule has 0 aliphatic rings. The van der Waals surface area contributed by atoms with Gasteiger partial charge in [0.25, 0.3) is 5.56 Å². The molecule has 1 aromatic heterocycles. The smallest absolute Gasteiger partial charge is 0.256 e. The highest BCUT2D eigenvalue weighted by molar-refractivity contribution is 5.92. The number of methoxy groups -OCH3 is 1. The van der Waals surface area contributed by atoms with E-state index in [4.69, 9.17) is 4.74 Å². The minimum absolute atomic E-state index is 0.103. The van der Waals surface area contributed by atoms with E-state index in [0.29, 0.717) is 29.1 Å². The van der Waals surface area contributed by atoms with Gasteiger partial charge in [-0.05, 0) is 72.8 Å². The molecule has 6 heteroatoms. The molecule has 168 valence electrons. The van der Waals surface area contributed by atoms with Crippen LogP contribution in [-0.4, -0.2) is 17.6 Å². The fraction of sp³-hybridized carbons (Fsp3) is 0.185. The van der Waals surface area contributed by atoms with E-state index in [2.05, 4.69) is 10.6 Å². The number of nitrogens with one attached hydrogen (secondary N) is 2. The Balaban J connectivity index is 1.68. The molecule has 33 heavy (non-hydrogen) atoms. The van der Waals surface area contributed by atoms with E-state index in [0.717, 1.165) is 22.2 Å². The average Bonchev–Trinajstić information content (AvgIpc) is 2.79. The summed E-state index contributed by atoms with van der Waals surface area (Å²) in [6.07, 6.45) is 0. The van der Waals surface area contributed by atoms with Gasteiger partial charge in [-0.25, -0.2) is 0 Å². The molecular weight excluding hydrogens is 414 g/mol. The summed E-state index contributed by atoms with van der Waals surface area (Å²) in [5.74, 6) is 0.361. The Kier molecular flexibility index (Phi) is 6.45. The Hall–Kier alpha value is -4.06. The molecular formula is C27H27N3O3. The molecule has 0 unspecified atom stereocenters. The van der Waals surface area contributed by atoms with E-state index in [9.17, 15) is 9.59 Å². The molecule has 0 aliphatic heterocycles. The van der Waals surface area contributed by atoms with Gasteiger partial charge in [0.2, 0.25) is 5.91 Å². The van der Waals surface area contributed by atoms with E-state index in [-0.39, 0.29) is 18.0 Å². The van der Waals surface area contributed by atoms with Crippen molar-refractivity contribution in [3.63, 3.8) is 0 Å². The van der Waals surface area contributed by atoms with Crippen LogP contribution < -0.4 is 20.9 Å². The van der Waals surface area contributed by atoms with Gasteiger partial charge in [-0.2, -0.15) is 0 Å². The average molecular weight is 442 g/mol. The van der Waals surface area contributed by atoms with E-state index in [1.807, 2.05) is 80.6 Å². The number of aromatic nitrogens is 1. The number of anilines is 2. The van der Waals surface area contributed by atoms with Gasteiger partial charge in [-0.1, -0.05) is 24.3 Å². The lowest BCUT2D eigenvalue weighted by Gasteiger charge is -2.15. The van der Waals surface area contributed by atoms with Crippen molar-refractivity contribution in [2.75, 3.05) is 17.7 Å². The van der Waals surface area contributed by atoms with Crippen molar-refractivity contribution in [1.82, 2.24) is 4.57 Å². The van der Waals surface area contributed by atoms with E-state index >= 15 is 0 Å². The van der Waals surface area contributed by atoms with Crippen LogP contribution in [0.1, 0.15) is 16.7 Å². The Morgan fingerprint density at radius 1 is 0.909 bits per heavy atom. The van der Waals surface area contributed by atoms with Crippen molar-refractivity contribution in [3.8, 4) is 5.75 Å². The number of hydrogen-bond donors (Lipinski definition) is 2. The molecule has 0 saturated heterocycles. The maximum atomic E-state index is 13.4. The number of pyridine rings is 1. The van der Waals surface area contributed by atoms with Gasteiger partial charge < -0.3 is 15.4 Å². The largest absolute Gasteiger partial charge is 0.497 e. The number of fused-ring (bicyclic) bond motifs is 1. The predicted octanol–water partition coefficient (Wildman–Crippen LogP) is 4.88. The van der Waals surface area contributed by atoms with Crippen LogP contribution >= 0.6 is 0 Å². The lowest BCUT2D eigenvalue weighted by atomic mass is 10.1. The molecule has 0 radical (unpaired) electrons. The monoisotopic (exact) mass is 441 g/mol. The molecule has 1 amide bonds. The highest BCUT2D eigenvalue weighted by Crippen LogP contribution is 2.21. The SMILES string of the molecule is COc1ccc2cc(CNc3ccccc3)c(=O)n(CC(=O)Nc3cc(C)cc(C)c3)c2c1. The van der Waals surface area contributed by atoms with Crippen molar-refractivity contribution in [2.45, 2.75) is 26.9 Å². The maximum Gasteiger partial charge on any atom is 0.256 e. The molecule has 4 rings (SSSR count). The third-order valence-corrected chi connectivity index (χ3v) is 5.44. The first-order valence-electron chi connectivity index (χ1n) is 10.8. The van der Waals surface area contributed by atoms with Crippen molar-refractivity contribution < 1.29 is 9.53 Å². The normalized spacial score (nSPS) is 10.8. The number of nitrogens with zero attached hydrogens (tertiary/aromatic N) is 1. The number of benzene rings is 3. The predicted molar refractivity (Wildman–Crippen MR) is 133 cm³/mol. The van der Waals surface area contributed by atoms with Crippen molar-refractivity contribution in [1.29, 1.82) is 0 Å². The van der Waals surface area contributed by atoms with Crippen molar-refractivity contribution >= 4 is 28.2 Å². The number of carbonyl (C=O) groups is 1. The second kappa shape index (κ2) is 9.61. The lowest BCUT2D eigenvalue weighted by Crippen LogP contribution is -2.30. The van der Waals surface area contributed by atoms with Crippen molar-refractivity contribution in [3.05, 3.63) is 99.8 Å². The molecule has 4 aromatic rings. The van der Waals surface area contributed by atoms with Gasteiger partial charge in [0, 0.05) is 29.5 Å². The third kappa shape index (κ3) is 5.23. The zero-order valence-corrected chi connectivity index (χ0v) is 19.0. The van der Waals surface area contributed by atoms with Gasteiger partial charge in [0.1, 0.15) is 12.3 Å². The van der Waals surface area contributed by atoms with E-state index in [1.54, 1.807) is 13.2 Å². The number of hydrogen-bond acceptors (Lipinski definition) is 4. The van der Waals surface area contributed by atoms with E-state index in [1.165, 1.54) is 4.57 Å². The first-order chi connectivity index (χ1) is 15.9. The summed E-state index contributed by atoms with van der Waals surface area (Å²) < 4.78 is 6.86. The van der Waals surface area contributed by atoms with Crippen LogP contribution in [0.3, 0.4) is 0 Å². The molecule has 1 heterocycles. The minimum atomic E-state index is -0.264. The molecule has 0 bridgehead atoms. The third-order valence-electron chi connectivity index (χ3n) is 5.44. The Morgan fingerprint density at radius 2 is 1.64 bits per heavy atom. The number of rotatable bonds is 7. The minimum Gasteiger partial charge on any atom is -0.497 e. The highest BCUT2D eigenvalue weighted by Gasteiger charge is 2.14. The Morgan fingerprint density at radius 3 is 2.33 bits per heavy atom. The van der Waals surface area contributed by atoms with Crippen LogP contribution in [0.4, 0.5) is 11.4 Å². The van der Waals surface area contributed by atoms with Gasteiger partial charge >= 0.3 is 0 Å². The summed E-state index contributed by atoms with van der Waals surface area (Å²) in [6, 6.07) is 23.0.